The zero-order valence-corrected chi connectivity index (χ0v) is 57.3. The number of hydrogen-bond acceptors (Lipinski definition) is 12. The summed E-state index contributed by atoms with van der Waals surface area (Å²) in [5.74, 6) is -5.09. The highest BCUT2D eigenvalue weighted by Gasteiger charge is 2.62. The monoisotopic (exact) mass is 1230 g/mol. The van der Waals surface area contributed by atoms with Crippen LogP contribution < -0.4 is 0 Å². The van der Waals surface area contributed by atoms with E-state index in [0.29, 0.717) is 83.1 Å². The third-order valence-electron chi connectivity index (χ3n) is 20.8. The molecule has 5 aromatic carbocycles. The SMILES string of the molecule is CC1(C)CC(OC(=O)CC(C(=O)OC2CC(C)(C)N(Cc3ccccc3)C(C)(C)C2)C(Cc2ccccc2)(C(=O)OC2CC(C)(C)N(Cc3ccccc3)C(C)(C)C2)C(=O)OC2CC(C)(C)N(Cc3ccccc3)C(C)(C)C2)CC(C)(C)N1Cc1ccccc1. The molecule has 0 spiro atoms. The molecule has 90 heavy (non-hydrogen) atoms. The summed E-state index contributed by atoms with van der Waals surface area (Å²) in [4.78, 5) is 75.5. The fourth-order valence-corrected chi connectivity index (χ4v) is 17.2. The second-order valence-electron chi connectivity index (χ2n) is 32.0. The second-order valence-corrected chi connectivity index (χ2v) is 32.0. The Morgan fingerprint density at radius 2 is 0.567 bits per heavy atom. The molecule has 0 radical (unpaired) electrons. The minimum absolute atomic E-state index is 0.303. The highest BCUT2D eigenvalue weighted by molar-refractivity contribution is 6.05. The maximum atomic E-state index is 16.8. The fraction of sp³-hybridized carbons (Fsp3) is 0.564. The largest absolute Gasteiger partial charge is 0.462 e. The first-order chi connectivity index (χ1) is 42.1. The Hall–Kier alpha value is -6.18. The van der Waals surface area contributed by atoms with Crippen molar-refractivity contribution in [3.8, 4) is 0 Å². The minimum Gasteiger partial charge on any atom is -0.462 e. The van der Waals surface area contributed by atoms with Crippen molar-refractivity contribution in [2.45, 2.75) is 270 Å². The van der Waals surface area contributed by atoms with Crippen LogP contribution in [0, 0.1) is 11.3 Å². The lowest BCUT2D eigenvalue weighted by Crippen LogP contribution is -2.64. The Balaban J connectivity index is 1.14. The number of benzene rings is 5. The summed E-state index contributed by atoms with van der Waals surface area (Å²) in [5.41, 5.74) is -0.923. The van der Waals surface area contributed by atoms with Gasteiger partial charge in [0.15, 0.2) is 5.41 Å². The molecule has 0 saturated carbocycles. The number of ether oxygens (including phenoxy) is 4. The van der Waals surface area contributed by atoms with Gasteiger partial charge in [0.1, 0.15) is 24.4 Å². The van der Waals surface area contributed by atoms with Gasteiger partial charge in [-0.15, -0.1) is 0 Å². The molecule has 486 valence electrons. The summed E-state index contributed by atoms with van der Waals surface area (Å²) in [6.45, 7) is 37.6. The average Bonchev–Trinajstić information content (AvgIpc) is 0.774. The first kappa shape index (κ1) is 68.2. The summed E-state index contributed by atoms with van der Waals surface area (Å²) < 4.78 is 27.7. The van der Waals surface area contributed by atoms with Gasteiger partial charge in [-0.1, -0.05) is 152 Å². The van der Waals surface area contributed by atoms with Gasteiger partial charge in [0.25, 0.3) is 0 Å². The molecule has 4 saturated heterocycles. The highest BCUT2D eigenvalue weighted by atomic mass is 16.6. The Labute approximate surface area is 539 Å². The van der Waals surface area contributed by atoms with Crippen LogP contribution in [0.15, 0.2) is 152 Å². The molecule has 0 N–H and O–H groups in total. The molecule has 0 aliphatic carbocycles. The van der Waals surface area contributed by atoms with E-state index >= 15 is 19.2 Å². The maximum absolute atomic E-state index is 16.8. The van der Waals surface area contributed by atoms with Crippen LogP contribution in [0.2, 0.25) is 0 Å². The van der Waals surface area contributed by atoms with E-state index in [-0.39, 0.29) is 6.42 Å². The number of nitrogens with zero attached hydrogens (tertiary/aromatic N) is 4. The molecule has 0 amide bonds. The van der Waals surface area contributed by atoms with E-state index in [1.165, 1.54) is 22.3 Å². The van der Waals surface area contributed by atoms with Crippen LogP contribution in [0.4, 0.5) is 0 Å². The van der Waals surface area contributed by atoms with Crippen LogP contribution in [-0.4, -0.2) is 112 Å². The predicted molar refractivity (Wildman–Crippen MR) is 358 cm³/mol. The van der Waals surface area contributed by atoms with Gasteiger partial charge in [0.05, 0.1) is 12.3 Å². The lowest BCUT2D eigenvalue weighted by Gasteiger charge is -2.56. The van der Waals surface area contributed by atoms with Crippen molar-refractivity contribution < 1.29 is 38.1 Å². The van der Waals surface area contributed by atoms with Gasteiger partial charge in [-0.3, -0.25) is 38.8 Å². The average molecular weight is 1230 g/mol. The number of carbonyl (C=O) groups excluding carboxylic acids is 4. The molecule has 5 aromatic rings. The number of hydrogen-bond donors (Lipinski definition) is 0. The van der Waals surface area contributed by atoms with Crippen molar-refractivity contribution >= 4 is 23.9 Å². The maximum Gasteiger partial charge on any atom is 0.325 e. The van der Waals surface area contributed by atoms with Gasteiger partial charge in [0, 0.05) is 128 Å². The number of likely N-dealkylation sites (tertiary alicyclic amines) is 4. The summed E-state index contributed by atoms with van der Waals surface area (Å²) in [6, 6.07) is 50.9. The Morgan fingerprint density at radius 3 is 0.822 bits per heavy atom. The van der Waals surface area contributed by atoms with Crippen LogP contribution in [0.3, 0.4) is 0 Å². The summed E-state index contributed by atoms with van der Waals surface area (Å²) in [7, 11) is 0. The van der Waals surface area contributed by atoms with Crippen LogP contribution in [0.5, 0.6) is 0 Å². The third-order valence-corrected chi connectivity index (χ3v) is 20.8. The Bertz CT molecular complexity index is 3070. The van der Waals surface area contributed by atoms with Crippen molar-refractivity contribution in [1.29, 1.82) is 0 Å². The summed E-state index contributed by atoms with van der Waals surface area (Å²) >= 11 is 0. The molecule has 4 heterocycles. The molecule has 1 unspecified atom stereocenters. The molecular formula is C78H106N4O8. The third kappa shape index (κ3) is 15.6. The number of rotatable bonds is 20. The second kappa shape index (κ2) is 26.4. The van der Waals surface area contributed by atoms with Gasteiger partial charge >= 0.3 is 23.9 Å². The number of carbonyl (C=O) groups is 4. The van der Waals surface area contributed by atoms with Crippen LogP contribution >= 0.6 is 0 Å². The van der Waals surface area contributed by atoms with Crippen molar-refractivity contribution in [2.24, 2.45) is 11.3 Å². The van der Waals surface area contributed by atoms with Crippen molar-refractivity contribution in [3.63, 3.8) is 0 Å². The molecule has 12 heteroatoms. The van der Waals surface area contributed by atoms with Gasteiger partial charge in [-0.25, -0.2) is 0 Å². The first-order valence-corrected chi connectivity index (χ1v) is 33.2. The summed E-state index contributed by atoms with van der Waals surface area (Å²) in [5, 5.41) is 0. The molecule has 4 aliphatic rings. The first-order valence-electron chi connectivity index (χ1n) is 33.2. The van der Waals surface area contributed by atoms with E-state index in [1.807, 2.05) is 54.6 Å². The van der Waals surface area contributed by atoms with E-state index in [0.717, 1.165) is 0 Å². The minimum atomic E-state index is -2.45. The smallest absolute Gasteiger partial charge is 0.325 e. The lowest BCUT2D eigenvalue weighted by molar-refractivity contribution is -0.202. The Morgan fingerprint density at radius 1 is 0.344 bits per heavy atom. The Kier molecular flexibility index (Phi) is 20.0. The van der Waals surface area contributed by atoms with Crippen LogP contribution in [0.25, 0.3) is 0 Å². The van der Waals surface area contributed by atoms with Gasteiger partial charge in [-0.05, 0) is 139 Å². The standard InChI is InChI=1S/C78H106N4O8/c1-70(2)44-61(45-71(3,4)79(70)52-57-34-24-18-25-35-57)87-66(83)42-65(67(84)88-62-46-72(5,6)80(73(7,8)47-62)53-58-36-26-19-27-37-58)78(43-56-32-22-17-23-33-56,68(85)89-63-48-74(9,10)81(75(11,12)49-63)54-59-38-28-20-29-39-59)69(86)90-64-50-76(13,14)82(77(15,16)51-64)55-60-40-30-21-31-41-60/h17-41,61-65H,42-55H2,1-16H3. The van der Waals surface area contributed by atoms with E-state index < -0.39 is 110 Å². The van der Waals surface area contributed by atoms with Gasteiger partial charge in [-0.2, -0.15) is 0 Å². The molecule has 0 aromatic heterocycles. The lowest BCUT2D eigenvalue weighted by atomic mass is 9.68. The molecular weight excluding hydrogens is 1120 g/mol. The van der Waals surface area contributed by atoms with E-state index in [9.17, 15) is 0 Å². The topological polar surface area (TPSA) is 118 Å². The van der Waals surface area contributed by atoms with E-state index in [4.69, 9.17) is 18.9 Å². The van der Waals surface area contributed by atoms with Gasteiger partial charge < -0.3 is 18.9 Å². The molecule has 9 rings (SSSR count). The molecule has 12 nitrogen and oxygen atoms in total. The number of piperidine rings is 4. The zero-order valence-electron chi connectivity index (χ0n) is 57.3. The van der Waals surface area contributed by atoms with Crippen LogP contribution in [-0.2, 0) is 70.7 Å². The predicted octanol–water partition coefficient (Wildman–Crippen LogP) is 15.3. The van der Waals surface area contributed by atoms with E-state index in [2.05, 4.69) is 227 Å². The van der Waals surface area contributed by atoms with Crippen LogP contribution in [0.1, 0.15) is 196 Å². The molecule has 4 aliphatic heterocycles. The quantitative estimate of drug-likeness (QED) is 0.0419. The number of esters is 4. The van der Waals surface area contributed by atoms with E-state index in [1.54, 1.807) is 0 Å². The molecule has 0 bridgehead atoms. The highest BCUT2D eigenvalue weighted by Crippen LogP contribution is 2.49. The normalized spacial score (nSPS) is 22.4. The summed E-state index contributed by atoms with van der Waals surface area (Å²) in [6.07, 6.45) is 0.134. The van der Waals surface area contributed by atoms with Gasteiger partial charge in [0.2, 0.25) is 0 Å². The molecule has 4 fully saturated rings. The fourth-order valence-electron chi connectivity index (χ4n) is 17.2. The van der Waals surface area contributed by atoms with Crippen molar-refractivity contribution in [3.05, 3.63) is 179 Å². The zero-order chi connectivity index (χ0) is 65.3. The van der Waals surface area contributed by atoms with Crippen molar-refractivity contribution in [2.75, 3.05) is 0 Å². The van der Waals surface area contributed by atoms with Crippen molar-refractivity contribution in [1.82, 2.24) is 19.6 Å². The molecule has 1 atom stereocenters.